The van der Waals surface area contributed by atoms with Crippen LogP contribution < -0.4 is 11.1 Å². The molecule has 1 unspecified atom stereocenters. The third-order valence-electron chi connectivity index (χ3n) is 4.24. The molecule has 0 amide bonds. The number of furan rings is 1. The second-order valence-corrected chi connectivity index (χ2v) is 5.92. The number of nitrogens with two attached hydrogens (primary N) is 1. The second-order valence-electron chi connectivity index (χ2n) is 5.92. The molecule has 138 valence electrons. The number of hydrogen-bond donors (Lipinski definition) is 5. The SMILES string of the molecule is Nc1nc(NCc2ccco2)c2ncn(C3O[C@H](CO)[C@@H](O)[C@H]3O)c2n1. The maximum atomic E-state index is 10.2. The summed E-state index contributed by atoms with van der Waals surface area (Å²) in [5.41, 5.74) is 6.54. The highest BCUT2D eigenvalue weighted by atomic mass is 16.6. The molecular weight excluding hydrogens is 344 g/mol. The molecule has 0 spiro atoms. The smallest absolute Gasteiger partial charge is 0.224 e. The van der Waals surface area contributed by atoms with Crippen LogP contribution in [0.15, 0.2) is 29.1 Å². The highest BCUT2D eigenvalue weighted by molar-refractivity contribution is 5.84. The van der Waals surface area contributed by atoms with E-state index in [9.17, 15) is 15.3 Å². The zero-order valence-electron chi connectivity index (χ0n) is 13.6. The van der Waals surface area contributed by atoms with Gasteiger partial charge in [0.05, 0.1) is 25.7 Å². The molecule has 3 aromatic rings. The van der Waals surface area contributed by atoms with Crippen LogP contribution in [-0.2, 0) is 11.3 Å². The fourth-order valence-corrected chi connectivity index (χ4v) is 2.94. The van der Waals surface area contributed by atoms with Gasteiger partial charge in [0.2, 0.25) is 5.95 Å². The summed E-state index contributed by atoms with van der Waals surface area (Å²) in [5, 5.41) is 32.5. The maximum absolute atomic E-state index is 10.2. The number of aliphatic hydroxyl groups is 3. The van der Waals surface area contributed by atoms with Crippen LogP contribution in [0.2, 0.25) is 0 Å². The van der Waals surface area contributed by atoms with Gasteiger partial charge in [0.1, 0.15) is 24.1 Å². The molecule has 0 aromatic carbocycles. The first-order chi connectivity index (χ1) is 12.6. The van der Waals surface area contributed by atoms with Gasteiger partial charge in [-0.1, -0.05) is 0 Å². The molecule has 3 aromatic heterocycles. The minimum atomic E-state index is -1.25. The Morgan fingerprint density at radius 3 is 2.81 bits per heavy atom. The standard InChI is InChI=1S/C15H18N6O5/c16-15-19-12(17-4-7-2-1-3-25-7)9-13(20-15)21(6-18-9)14-11(24)10(23)8(5-22)26-14/h1-3,6,8,10-11,14,22-24H,4-5H2,(H3,16,17,19,20)/t8-,10-,11-,14?/m1/s1. The molecule has 1 fully saturated rings. The minimum Gasteiger partial charge on any atom is -0.467 e. The van der Waals surface area contributed by atoms with Gasteiger partial charge in [0, 0.05) is 0 Å². The van der Waals surface area contributed by atoms with Crippen LogP contribution in [-0.4, -0.2) is 59.8 Å². The molecule has 0 bridgehead atoms. The summed E-state index contributed by atoms with van der Waals surface area (Å²) in [4.78, 5) is 12.6. The molecule has 4 atom stereocenters. The third-order valence-corrected chi connectivity index (χ3v) is 4.24. The van der Waals surface area contributed by atoms with Gasteiger partial charge in [-0.2, -0.15) is 9.97 Å². The highest BCUT2D eigenvalue weighted by Crippen LogP contribution is 2.32. The van der Waals surface area contributed by atoms with E-state index in [4.69, 9.17) is 14.9 Å². The van der Waals surface area contributed by atoms with E-state index in [-0.39, 0.29) is 5.95 Å². The molecule has 4 heterocycles. The quantitative estimate of drug-likeness (QED) is 0.389. The van der Waals surface area contributed by atoms with E-state index in [0.29, 0.717) is 29.3 Å². The van der Waals surface area contributed by atoms with Crippen LogP contribution in [0.3, 0.4) is 0 Å². The lowest BCUT2D eigenvalue weighted by molar-refractivity contribution is -0.0511. The van der Waals surface area contributed by atoms with E-state index in [2.05, 4.69) is 20.3 Å². The Morgan fingerprint density at radius 1 is 1.27 bits per heavy atom. The number of nitrogens with one attached hydrogen (secondary N) is 1. The van der Waals surface area contributed by atoms with Gasteiger partial charge in [-0.25, -0.2) is 4.98 Å². The number of fused-ring (bicyclic) bond motifs is 1. The normalized spacial score (nSPS) is 25.8. The predicted molar refractivity (Wildman–Crippen MR) is 88.8 cm³/mol. The first-order valence-corrected chi connectivity index (χ1v) is 7.97. The molecule has 11 heteroatoms. The number of nitrogens with zero attached hydrogens (tertiary/aromatic N) is 4. The summed E-state index contributed by atoms with van der Waals surface area (Å²) < 4.78 is 12.2. The van der Waals surface area contributed by atoms with Crippen LogP contribution in [0.25, 0.3) is 11.2 Å². The van der Waals surface area contributed by atoms with Crippen LogP contribution >= 0.6 is 0 Å². The first kappa shape index (κ1) is 16.7. The van der Waals surface area contributed by atoms with Gasteiger partial charge in [0.25, 0.3) is 0 Å². The summed E-state index contributed by atoms with van der Waals surface area (Å²) in [6, 6.07) is 3.59. The van der Waals surface area contributed by atoms with Gasteiger partial charge >= 0.3 is 0 Å². The van der Waals surface area contributed by atoms with Crippen molar-refractivity contribution in [2.24, 2.45) is 0 Å². The summed E-state index contributed by atoms with van der Waals surface area (Å²) in [7, 11) is 0. The van der Waals surface area contributed by atoms with Gasteiger partial charge < -0.3 is 35.5 Å². The first-order valence-electron chi connectivity index (χ1n) is 7.97. The topological polar surface area (TPSA) is 165 Å². The van der Waals surface area contributed by atoms with Crippen molar-refractivity contribution >= 4 is 22.9 Å². The lowest BCUT2D eigenvalue weighted by Gasteiger charge is -2.16. The van der Waals surface area contributed by atoms with Crippen molar-refractivity contribution in [2.45, 2.75) is 31.1 Å². The minimum absolute atomic E-state index is 0.00735. The lowest BCUT2D eigenvalue weighted by atomic mass is 10.1. The van der Waals surface area contributed by atoms with Crippen LogP contribution in [0.4, 0.5) is 11.8 Å². The molecule has 11 nitrogen and oxygen atoms in total. The van der Waals surface area contributed by atoms with Gasteiger partial charge in [0.15, 0.2) is 23.2 Å². The average molecular weight is 362 g/mol. The van der Waals surface area contributed by atoms with E-state index in [0.717, 1.165) is 0 Å². The molecule has 0 aliphatic carbocycles. The lowest BCUT2D eigenvalue weighted by Crippen LogP contribution is -2.33. The van der Waals surface area contributed by atoms with Crippen molar-refractivity contribution in [1.82, 2.24) is 19.5 Å². The van der Waals surface area contributed by atoms with Crippen molar-refractivity contribution in [3.8, 4) is 0 Å². The monoisotopic (exact) mass is 362 g/mol. The van der Waals surface area contributed by atoms with Crippen molar-refractivity contribution < 1.29 is 24.5 Å². The summed E-state index contributed by atoms with van der Waals surface area (Å²) in [6.07, 6.45) is -1.35. The number of nitrogen functional groups attached to an aromatic ring is 1. The molecule has 6 N–H and O–H groups in total. The average Bonchev–Trinajstić information content (AvgIpc) is 3.34. The molecule has 0 radical (unpaired) electrons. The van der Waals surface area contributed by atoms with Gasteiger partial charge in [-0.3, -0.25) is 4.57 Å². The summed E-state index contributed by atoms with van der Waals surface area (Å²) in [6.45, 7) is -0.0479. The van der Waals surface area contributed by atoms with Gasteiger partial charge in [-0.15, -0.1) is 0 Å². The fraction of sp³-hybridized carbons (Fsp3) is 0.400. The van der Waals surface area contributed by atoms with Crippen molar-refractivity contribution in [2.75, 3.05) is 17.7 Å². The van der Waals surface area contributed by atoms with E-state index in [1.807, 2.05) is 6.07 Å². The number of ether oxygens (including phenoxy) is 1. The second kappa shape index (κ2) is 6.53. The molecule has 1 aliphatic rings. The van der Waals surface area contributed by atoms with Crippen molar-refractivity contribution in [3.05, 3.63) is 30.5 Å². The van der Waals surface area contributed by atoms with E-state index in [1.54, 1.807) is 12.3 Å². The Balaban J connectivity index is 1.67. The Bertz CT molecular complexity index is 897. The Morgan fingerprint density at radius 2 is 2.12 bits per heavy atom. The number of aliphatic hydroxyl groups excluding tert-OH is 3. The Labute approximate surface area is 147 Å². The van der Waals surface area contributed by atoms with Gasteiger partial charge in [-0.05, 0) is 12.1 Å². The Hall–Kier alpha value is -2.73. The highest BCUT2D eigenvalue weighted by Gasteiger charge is 2.44. The Kier molecular flexibility index (Phi) is 4.20. The van der Waals surface area contributed by atoms with E-state index >= 15 is 0 Å². The molecule has 1 aliphatic heterocycles. The number of rotatable bonds is 5. The molecule has 1 saturated heterocycles. The van der Waals surface area contributed by atoms with E-state index < -0.39 is 31.1 Å². The zero-order valence-corrected chi connectivity index (χ0v) is 13.6. The van der Waals surface area contributed by atoms with Crippen LogP contribution in [0, 0.1) is 0 Å². The van der Waals surface area contributed by atoms with E-state index in [1.165, 1.54) is 10.9 Å². The third kappa shape index (κ3) is 2.76. The van der Waals surface area contributed by atoms with Crippen molar-refractivity contribution in [3.63, 3.8) is 0 Å². The van der Waals surface area contributed by atoms with Crippen LogP contribution in [0.1, 0.15) is 12.0 Å². The molecule has 0 saturated carbocycles. The number of imidazole rings is 1. The predicted octanol–water partition coefficient (Wildman–Crippen LogP) is -0.775. The number of anilines is 2. The summed E-state index contributed by atoms with van der Waals surface area (Å²) in [5.74, 6) is 1.11. The molecule has 4 rings (SSSR count). The molecular formula is C15H18N6O5. The van der Waals surface area contributed by atoms with Crippen LogP contribution in [0.5, 0.6) is 0 Å². The number of aromatic nitrogens is 4. The maximum Gasteiger partial charge on any atom is 0.224 e. The zero-order chi connectivity index (χ0) is 18.3. The fourth-order valence-electron chi connectivity index (χ4n) is 2.94. The molecule has 26 heavy (non-hydrogen) atoms. The summed E-state index contributed by atoms with van der Waals surface area (Å²) >= 11 is 0. The van der Waals surface area contributed by atoms with Crippen molar-refractivity contribution in [1.29, 1.82) is 0 Å². The number of hydrogen-bond acceptors (Lipinski definition) is 10. The largest absolute Gasteiger partial charge is 0.467 e.